The maximum atomic E-state index is 6.31. The number of nitrogens with two attached hydrogens (primary N) is 1. The highest BCUT2D eigenvalue weighted by Crippen LogP contribution is 2.44. The minimum absolute atomic E-state index is 0.0210. The fraction of sp³-hybridized carbons (Fsp3) is 0.200. The van der Waals surface area contributed by atoms with Gasteiger partial charge in [-0.3, -0.25) is 0 Å². The molecule has 1 unspecified atom stereocenters. The lowest BCUT2D eigenvalue weighted by molar-refractivity contribution is 0.242. The van der Waals surface area contributed by atoms with Crippen LogP contribution in [0.3, 0.4) is 0 Å². The van der Waals surface area contributed by atoms with Crippen molar-refractivity contribution in [3.05, 3.63) is 51.0 Å². The van der Waals surface area contributed by atoms with Gasteiger partial charge in [0.25, 0.3) is 0 Å². The first kappa shape index (κ1) is 14.0. The predicted octanol–water partition coefficient (Wildman–Crippen LogP) is 4.58. The number of fused-ring (bicyclic) bond motifs is 1. The normalized spacial score (nSPS) is 16.9. The molecule has 0 spiro atoms. The highest BCUT2D eigenvalue weighted by atomic mass is 35.5. The average Bonchev–Trinajstić information content (AvgIpc) is 2.88. The van der Waals surface area contributed by atoms with E-state index in [2.05, 4.69) is 0 Å². The first-order valence-corrected chi connectivity index (χ1v) is 7.37. The van der Waals surface area contributed by atoms with Crippen LogP contribution < -0.4 is 10.5 Å². The summed E-state index contributed by atoms with van der Waals surface area (Å²) in [6, 6.07) is 9.57. The molecule has 2 N–H and O–H groups in total. The second-order valence-electron chi connectivity index (χ2n) is 4.70. The van der Waals surface area contributed by atoms with Crippen LogP contribution in [-0.4, -0.2) is 12.6 Å². The highest BCUT2D eigenvalue weighted by Gasteiger charge is 2.25. The van der Waals surface area contributed by atoms with Crippen LogP contribution in [0.2, 0.25) is 15.1 Å². The Morgan fingerprint density at radius 3 is 2.60 bits per heavy atom. The number of ether oxygens (including phenoxy) is 1. The maximum Gasteiger partial charge on any atom is 0.131 e. The first-order valence-electron chi connectivity index (χ1n) is 6.24. The average molecular weight is 329 g/mol. The van der Waals surface area contributed by atoms with Crippen molar-refractivity contribution in [3.63, 3.8) is 0 Å². The predicted molar refractivity (Wildman–Crippen MR) is 84.1 cm³/mol. The van der Waals surface area contributed by atoms with Crippen LogP contribution in [0.25, 0.3) is 11.1 Å². The Hall–Kier alpha value is -0.930. The van der Waals surface area contributed by atoms with Gasteiger partial charge in [0.05, 0.1) is 15.1 Å². The molecule has 1 heterocycles. The Balaban J connectivity index is 2.14. The molecule has 104 valence electrons. The summed E-state index contributed by atoms with van der Waals surface area (Å²) >= 11 is 18.4. The summed E-state index contributed by atoms with van der Waals surface area (Å²) in [5, 5.41) is 1.23. The number of hydrogen-bond donors (Lipinski definition) is 1. The molecule has 0 amide bonds. The van der Waals surface area contributed by atoms with Gasteiger partial charge >= 0.3 is 0 Å². The molecule has 0 radical (unpaired) electrons. The fourth-order valence-electron chi connectivity index (χ4n) is 2.42. The van der Waals surface area contributed by atoms with Crippen LogP contribution in [0.5, 0.6) is 5.75 Å². The molecule has 0 fully saturated rings. The van der Waals surface area contributed by atoms with Crippen LogP contribution in [0, 0.1) is 0 Å². The first-order chi connectivity index (χ1) is 9.61. The molecule has 3 rings (SSSR count). The molecule has 0 aromatic heterocycles. The smallest absolute Gasteiger partial charge is 0.131 e. The maximum absolute atomic E-state index is 6.31. The molecule has 2 nitrogen and oxygen atoms in total. The zero-order valence-electron chi connectivity index (χ0n) is 10.5. The Kier molecular flexibility index (Phi) is 3.83. The Bertz CT molecular complexity index is 672. The lowest BCUT2D eigenvalue weighted by atomic mass is 10.0. The van der Waals surface area contributed by atoms with Gasteiger partial charge in [0.15, 0.2) is 0 Å². The Labute approximate surface area is 132 Å². The lowest BCUT2D eigenvalue weighted by Gasteiger charge is -2.13. The molecule has 0 bridgehead atoms. The molecule has 5 heteroatoms. The summed E-state index contributed by atoms with van der Waals surface area (Å²) in [6.07, 6.45) is 0.839. The number of rotatable bonds is 2. The van der Waals surface area contributed by atoms with E-state index in [1.54, 1.807) is 6.07 Å². The SMILES string of the molecule is NCC1Cc2cccc(-c3ccc(Cl)c(Cl)c3Cl)c2O1. The van der Waals surface area contributed by atoms with E-state index < -0.39 is 0 Å². The van der Waals surface area contributed by atoms with Gasteiger partial charge in [-0.1, -0.05) is 59.1 Å². The zero-order valence-corrected chi connectivity index (χ0v) is 12.8. The largest absolute Gasteiger partial charge is 0.488 e. The molecule has 20 heavy (non-hydrogen) atoms. The second-order valence-corrected chi connectivity index (χ2v) is 5.86. The van der Waals surface area contributed by atoms with Gasteiger partial charge in [0.1, 0.15) is 11.9 Å². The van der Waals surface area contributed by atoms with E-state index in [1.165, 1.54) is 0 Å². The van der Waals surface area contributed by atoms with Crippen LogP contribution in [0.4, 0.5) is 0 Å². The number of benzene rings is 2. The van der Waals surface area contributed by atoms with E-state index in [-0.39, 0.29) is 6.10 Å². The van der Waals surface area contributed by atoms with Gasteiger partial charge in [-0.15, -0.1) is 0 Å². The number of para-hydroxylation sites is 1. The molecule has 0 saturated carbocycles. The standard InChI is InChI=1S/C15H12Cl3NO/c16-12-5-4-10(13(17)14(12)18)11-3-1-2-8-6-9(7-19)20-15(8)11/h1-5,9H,6-7,19H2. The van der Waals surface area contributed by atoms with Crippen molar-refractivity contribution in [2.24, 2.45) is 5.73 Å². The van der Waals surface area contributed by atoms with Crippen molar-refractivity contribution in [3.8, 4) is 16.9 Å². The molecule has 1 aliphatic rings. The fourth-order valence-corrected chi connectivity index (χ4v) is 3.05. The topological polar surface area (TPSA) is 35.2 Å². The third-order valence-corrected chi connectivity index (χ3v) is 4.71. The van der Waals surface area contributed by atoms with Crippen molar-refractivity contribution >= 4 is 34.8 Å². The molecule has 0 aliphatic carbocycles. The minimum atomic E-state index is 0.0210. The molecular formula is C15H12Cl3NO. The van der Waals surface area contributed by atoms with Crippen molar-refractivity contribution in [2.75, 3.05) is 6.54 Å². The van der Waals surface area contributed by atoms with Crippen molar-refractivity contribution < 1.29 is 4.74 Å². The third kappa shape index (κ3) is 2.27. The highest BCUT2D eigenvalue weighted by molar-refractivity contribution is 6.49. The summed E-state index contributed by atoms with van der Waals surface area (Å²) in [5.74, 6) is 0.836. The van der Waals surface area contributed by atoms with Gasteiger partial charge in [-0.2, -0.15) is 0 Å². The summed E-state index contributed by atoms with van der Waals surface area (Å²) in [7, 11) is 0. The van der Waals surface area contributed by atoms with Crippen LogP contribution >= 0.6 is 34.8 Å². The van der Waals surface area contributed by atoms with Gasteiger partial charge in [0.2, 0.25) is 0 Å². The second kappa shape index (κ2) is 5.45. The van der Waals surface area contributed by atoms with Crippen molar-refractivity contribution in [1.82, 2.24) is 0 Å². The monoisotopic (exact) mass is 327 g/mol. The van der Waals surface area contributed by atoms with E-state index in [0.29, 0.717) is 21.6 Å². The molecular weight excluding hydrogens is 317 g/mol. The number of hydrogen-bond acceptors (Lipinski definition) is 2. The van der Waals surface area contributed by atoms with E-state index >= 15 is 0 Å². The van der Waals surface area contributed by atoms with Gasteiger partial charge in [0, 0.05) is 24.1 Å². The zero-order chi connectivity index (χ0) is 14.3. The van der Waals surface area contributed by atoms with Gasteiger partial charge in [-0.25, -0.2) is 0 Å². The summed E-state index contributed by atoms with van der Waals surface area (Å²) in [6.45, 7) is 0.489. The molecule has 1 atom stereocenters. The van der Waals surface area contributed by atoms with Crippen LogP contribution in [-0.2, 0) is 6.42 Å². The summed E-state index contributed by atoms with van der Waals surface area (Å²) in [4.78, 5) is 0. The molecule has 0 saturated heterocycles. The van der Waals surface area contributed by atoms with Crippen LogP contribution in [0.15, 0.2) is 30.3 Å². The van der Waals surface area contributed by atoms with Crippen molar-refractivity contribution in [1.29, 1.82) is 0 Å². The van der Waals surface area contributed by atoms with E-state index in [9.17, 15) is 0 Å². The third-order valence-electron chi connectivity index (χ3n) is 3.42. The lowest BCUT2D eigenvalue weighted by Crippen LogP contribution is -2.24. The number of halogens is 3. The van der Waals surface area contributed by atoms with E-state index in [0.717, 1.165) is 28.9 Å². The van der Waals surface area contributed by atoms with E-state index in [1.807, 2.05) is 24.3 Å². The summed E-state index contributed by atoms with van der Waals surface area (Å²) in [5.41, 5.74) is 8.56. The summed E-state index contributed by atoms with van der Waals surface area (Å²) < 4.78 is 5.91. The van der Waals surface area contributed by atoms with Gasteiger partial charge < -0.3 is 10.5 Å². The Morgan fingerprint density at radius 2 is 1.85 bits per heavy atom. The Morgan fingerprint density at radius 1 is 1.05 bits per heavy atom. The van der Waals surface area contributed by atoms with E-state index in [4.69, 9.17) is 45.3 Å². The van der Waals surface area contributed by atoms with Crippen molar-refractivity contribution in [2.45, 2.75) is 12.5 Å². The quantitative estimate of drug-likeness (QED) is 0.819. The van der Waals surface area contributed by atoms with Crippen LogP contribution in [0.1, 0.15) is 5.56 Å². The molecule has 2 aromatic carbocycles. The molecule has 1 aliphatic heterocycles. The molecule has 2 aromatic rings. The minimum Gasteiger partial charge on any atom is -0.488 e. The van der Waals surface area contributed by atoms with Gasteiger partial charge in [-0.05, 0) is 11.6 Å².